The predicted octanol–water partition coefficient (Wildman–Crippen LogP) is 3.58. The standard InChI is InChI=1S/C28H32N6O5/c1-3-23(27-30-31-32-34(27)16-21-8-6-10-37-21)33(14-18-7-4-5-9-24(18)36-2)15-20-11-19-12-25-26(39-17-38-25)13-22(19)29-28(20)35/h4-5,7,9,11-13,21,23H,3,6,8,10,14-17H2,1-2H3,(H,29,35). The van der Waals surface area contributed by atoms with E-state index in [2.05, 4.69) is 32.3 Å². The van der Waals surface area contributed by atoms with E-state index in [1.54, 1.807) is 7.11 Å². The van der Waals surface area contributed by atoms with Crippen LogP contribution in [0.3, 0.4) is 0 Å². The maximum atomic E-state index is 13.3. The lowest BCUT2D eigenvalue weighted by molar-refractivity contribution is 0.0887. The summed E-state index contributed by atoms with van der Waals surface area (Å²) in [5.74, 6) is 2.85. The van der Waals surface area contributed by atoms with Crippen LogP contribution < -0.4 is 19.8 Å². The van der Waals surface area contributed by atoms with Gasteiger partial charge >= 0.3 is 0 Å². The lowest BCUT2D eigenvalue weighted by atomic mass is 10.1. The van der Waals surface area contributed by atoms with Crippen molar-refractivity contribution in [2.75, 3.05) is 20.5 Å². The number of benzene rings is 2. The Bertz CT molecular complexity index is 1510. The Labute approximate surface area is 225 Å². The largest absolute Gasteiger partial charge is 0.496 e. The molecule has 2 atom stereocenters. The van der Waals surface area contributed by atoms with Crippen LogP contribution in [0.5, 0.6) is 17.2 Å². The van der Waals surface area contributed by atoms with Gasteiger partial charge in [-0.05, 0) is 47.9 Å². The van der Waals surface area contributed by atoms with Gasteiger partial charge in [-0.3, -0.25) is 9.69 Å². The average molecular weight is 533 g/mol. The van der Waals surface area contributed by atoms with Crippen molar-refractivity contribution in [3.63, 3.8) is 0 Å². The van der Waals surface area contributed by atoms with Crippen molar-refractivity contribution < 1.29 is 18.9 Å². The van der Waals surface area contributed by atoms with Gasteiger partial charge in [0.1, 0.15) is 5.75 Å². The van der Waals surface area contributed by atoms with Crippen molar-refractivity contribution in [3.8, 4) is 17.2 Å². The summed E-state index contributed by atoms with van der Waals surface area (Å²) >= 11 is 0. The summed E-state index contributed by atoms with van der Waals surface area (Å²) in [4.78, 5) is 18.6. The number of methoxy groups -OCH3 is 1. The lowest BCUT2D eigenvalue weighted by Gasteiger charge is -2.31. The van der Waals surface area contributed by atoms with Gasteiger partial charge in [-0.25, -0.2) is 4.68 Å². The topological polar surface area (TPSA) is 117 Å². The first-order chi connectivity index (χ1) is 19.1. The van der Waals surface area contributed by atoms with Gasteiger partial charge in [-0.2, -0.15) is 0 Å². The summed E-state index contributed by atoms with van der Waals surface area (Å²) < 4.78 is 24.4. The Morgan fingerprint density at radius 1 is 1.15 bits per heavy atom. The average Bonchev–Trinajstić information content (AvgIpc) is 3.72. The van der Waals surface area contributed by atoms with Gasteiger partial charge in [0.2, 0.25) is 6.79 Å². The normalized spacial score (nSPS) is 17.3. The molecule has 204 valence electrons. The van der Waals surface area contributed by atoms with Crippen molar-refractivity contribution in [3.05, 3.63) is 69.8 Å². The third-order valence-corrected chi connectivity index (χ3v) is 7.44. The van der Waals surface area contributed by atoms with E-state index in [9.17, 15) is 4.79 Å². The predicted molar refractivity (Wildman–Crippen MR) is 143 cm³/mol. The fraction of sp³-hybridized carbons (Fsp3) is 0.429. The molecular formula is C28H32N6O5. The number of aromatic nitrogens is 5. The van der Waals surface area contributed by atoms with Crippen LogP contribution in [-0.2, 0) is 24.4 Å². The number of aromatic amines is 1. The van der Waals surface area contributed by atoms with Crippen LogP contribution in [0.2, 0.25) is 0 Å². The van der Waals surface area contributed by atoms with Crippen LogP contribution in [0.1, 0.15) is 49.2 Å². The van der Waals surface area contributed by atoms with Crippen LogP contribution in [-0.4, -0.2) is 56.7 Å². The molecule has 0 radical (unpaired) electrons. The second-order valence-electron chi connectivity index (χ2n) is 9.91. The second kappa shape index (κ2) is 11.0. The number of H-pyrrole nitrogens is 1. The van der Waals surface area contributed by atoms with Gasteiger partial charge in [-0.1, -0.05) is 25.1 Å². The van der Waals surface area contributed by atoms with Crippen LogP contribution in [0.15, 0.2) is 47.3 Å². The number of tetrazole rings is 1. The fourth-order valence-electron chi connectivity index (χ4n) is 5.47. The molecule has 4 aromatic rings. The van der Waals surface area contributed by atoms with Crippen molar-refractivity contribution >= 4 is 10.9 Å². The molecule has 2 aromatic carbocycles. The zero-order valence-corrected chi connectivity index (χ0v) is 22.1. The Balaban J connectivity index is 1.37. The number of ether oxygens (including phenoxy) is 4. The minimum Gasteiger partial charge on any atom is -0.496 e. The number of rotatable bonds is 10. The van der Waals surface area contributed by atoms with Gasteiger partial charge in [0.25, 0.3) is 5.56 Å². The molecule has 2 aliphatic heterocycles. The number of para-hydroxylation sites is 1. The Morgan fingerprint density at radius 2 is 1.97 bits per heavy atom. The van der Waals surface area contributed by atoms with E-state index < -0.39 is 0 Å². The molecule has 0 aliphatic carbocycles. The molecule has 1 N–H and O–H groups in total. The highest BCUT2D eigenvalue weighted by Gasteiger charge is 2.28. The fourth-order valence-corrected chi connectivity index (χ4v) is 5.47. The van der Waals surface area contributed by atoms with Crippen molar-refractivity contribution in [2.24, 2.45) is 0 Å². The van der Waals surface area contributed by atoms with Gasteiger partial charge in [-0.15, -0.1) is 5.10 Å². The summed E-state index contributed by atoms with van der Waals surface area (Å²) in [6.07, 6.45) is 2.88. The van der Waals surface area contributed by atoms with E-state index >= 15 is 0 Å². The highest BCUT2D eigenvalue weighted by Crippen LogP contribution is 2.36. The monoisotopic (exact) mass is 532 g/mol. The van der Waals surface area contributed by atoms with Crippen molar-refractivity contribution in [1.29, 1.82) is 0 Å². The first-order valence-corrected chi connectivity index (χ1v) is 13.3. The van der Waals surface area contributed by atoms with Crippen molar-refractivity contribution in [2.45, 2.75) is 58.0 Å². The molecule has 1 saturated heterocycles. The van der Waals surface area contributed by atoms with Crippen molar-refractivity contribution in [1.82, 2.24) is 30.1 Å². The number of pyridine rings is 1. The molecule has 11 heteroatoms. The zero-order chi connectivity index (χ0) is 26.8. The third-order valence-electron chi connectivity index (χ3n) is 7.44. The summed E-state index contributed by atoms with van der Waals surface area (Å²) in [5, 5.41) is 13.6. The number of fused-ring (bicyclic) bond motifs is 2. The van der Waals surface area contributed by atoms with Crippen LogP contribution in [0.25, 0.3) is 10.9 Å². The first-order valence-electron chi connectivity index (χ1n) is 13.3. The molecule has 0 saturated carbocycles. The van der Waals surface area contributed by atoms with E-state index in [-0.39, 0.29) is 24.5 Å². The Kier molecular flexibility index (Phi) is 7.16. The summed E-state index contributed by atoms with van der Waals surface area (Å²) in [6.45, 7) is 4.57. The molecule has 0 bridgehead atoms. The molecule has 11 nitrogen and oxygen atoms in total. The smallest absolute Gasteiger partial charge is 0.252 e. The summed E-state index contributed by atoms with van der Waals surface area (Å²) in [7, 11) is 1.67. The molecule has 4 heterocycles. The Morgan fingerprint density at radius 3 is 2.77 bits per heavy atom. The van der Waals surface area contributed by atoms with E-state index in [1.807, 2.05) is 47.1 Å². The molecule has 2 aliphatic rings. The maximum Gasteiger partial charge on any atom is 0.252 e. The first kappa shape index (κ1) is 25.3. The lowest BCUT2D eigenvalue weighted by Crippen LogP contribution is -2.33. The molecule has 6 rings (SSSR count). The Hall–Kier alpha value is -3.96. The van der Waals surface area contributed by atoms with Crippen LogP contribution in [0.4, 0.5) is 0 Å². The highest BCUT2D eigenvalue weighted by atomic mass is 16.7. The number of hydrogen-bond acceptors (Lipinski definition) is 9. The van der Waals surface area contributed by atoms with Gasteiger partial charge in [0.05, 0.1) is 31.3 Å². The highest BCUT2D eigenvalue weighted by molar-refractivity contribution is 5.83. The molecule has 0 spiro atoms. The number of hydrogen-bond donors (Lipinski definition) is 1. The molecule has 2 unspecified atom stereocenters. The van der Waals surface area contributed by atoms with E-state index in [0.29, 0.717) is 42.2 Å². The SMILES string of the molecule is CCC(c1nnnn1CC1CCCO1)N(Cc1ccccc1OC)Cc1cc2cc3c(cc2[nH]c1=O)OCO3. The van der Waals surface area contributed by atoms with Gasteiger partial charge in [0.15, 0.2) is 17.3 Å². The minimum absolute atomic E-state index is 0.101. The molecule has 1 fully saturated rings. The summed E-state index contributed by atoms with van der Waals surface area (Å²) in [5.41, 5.74) is 2.20. The van der Waals surface area contributed by atoms with E-state index in [0.717, 1.165) is 48.4 Å². The van der Waals surface area contributed by atoms with Crippen LogP contribution >= 0.6 is 0 Å². The second-order valence-corrected chi connectivity index (χ2v) is 9.91. The molecular weight excluding hydrogens is 500 g/mol. The number of nitrogens with zero attached hydrogens (tertiary/aromatic N) is 5. The van der Waals surface area contributed by atoms with E-state index in [1.165, 1.54) is 0 Å². The summed E-state index contributed by atoms with van der Waals surface area (Å²) in [6, 6.07) is 13.4. The number of nitrogens with one attached hydrogen (secondary N) is 1. The van der Waals surface area contributed by atoms with Gasteiger partial charge in [0, 0.05) is 42.3 Å². The third kappa shape index (κ3) is 5.19. The maximum absolute atomic E-state index is 13.3. The molecule has 0 amide bonds. The molecule has 39 heavy (non-hydrogen) atoms. The van der Waals surface area contributed by atoms with Crippen LogP contribution in [0, 0.1) is 0 Å². The van der Waals surface area contributed by atoms with E-state index in [4.69, 9.17) is 18.9 Å². The zero-order valence-electron chi connectivity index (χ0n) is 22.1. The van der Waals surface area contributed by atoms with Gasteiger partial charge < -0.3 is 23.9 Å². The quantitative estimate of drug-likeness (QED) is 0.327. The minimum atomic E-state index is -0.154. The molecule has 2 aromatic heterocycles.